The Morgan fingerprint density at radius 1 is 1.19 bits per heavy atom. The van der Waals surface area contributed by atoms with Crippen LogP contribution in [-0.4, -0.2) is 19.8 Å². The predicted octanol–water partition coefficient (Wildman–Crippen LogP) is 1.19. The number of ether oxygens (including phenoxy) is 2. The fourth-order valence-electron chi connectivity index (χ4n) is 1.83. The Bertz CT molecular complexity index is 389. The molecule has 0 spiro atoms. The van der Waals surface area contributed by atoms with Crippen molar-refractivity contribution in [2.75, 3.05) is 14.2 Å². The van der Waals surface area contributed by atoms with Crippen LogP contribution >= 0.6 is 0 Å². The quantitative estimate of drug-likeness (QED) is 0.803. The summed E-state index contributed by atoms with van der Waals surface area (Å²) in [6.45, 7) is 0. The van der Waals surface area contributed by atoms with Crippen molar-refractivity contribution in [2.45, 2.75) is 24.4 Å². The maximum atomic E-state index is 6.13. The second-order valence-electron chi connectivity index (χ2n) is 4.33. The minimum Gasteiger partial charge on any atom is -0.493 e. The van der Waals surface area contributed by atoms with E-state index in [2.05, 4.69) is 0 Å². The number of rotatable bonds is 4. The van der Waals surface area contributed by atoms with Gasteiger partial charge in [-0.2, -0.15) is 0 Å². The molecule has 1 aromatic rings. The average molecular weight is 222 g/mol. The summed E-state index contributed by atoms with van der Waals surface area (Å²) in [5.41, 5.74) is 13.0. The first-order valence-electron chi connectivity index (χ1n) is 5.37. The Kier molecular flexibility index (Phi) is 2.78. The van der Waals surface area contributed by atoms with Crippen molar-refractivity contribution in [3.8, 4) is 11.5 Å². The lowest BCUT2D eigenvalue weighted by molar-refractivity contribution is 0.353. The predicted molar refractivity (Wildman–Crippen MR) is 62.6 cm³/mol. The molecule has 1 aliphatic rings. The monoisotopic (exact) mass is 222 g/mol. The van der Waals surface area contributed by atoms with E-state index in [4.69, 9.17) is 20.9 Å². The second-order valence-corrected chi connectivity index (χ2v) is 4.33. The van der Waals surface area contributed by atoms with Gasteiger partial charge < -0.3 is 20.9 Å². The molecule has 4 heteroatoms. The molecule has 0 bridgehead atoms. The van der Waals surface area contributed by atoms with Crippen LogP contribution in [0.3, 0.4) is 0 Å². The minimum atomic E-state index is -0.223. The number of methoxy groups -OCH3 is 2. The zero-order valence-corrected chi connectivity index (χ0v) is 9.69. The molecule has 16 heavy (non-hydrogen) atoms. The standard InChI is InChI=1S/C12H18N2O2/c1-15-9-4-3-8(7-10(9)16-2)11(13)12(14)5-6-12/h3-4,7,11H,5-6,13-14H2,1-2H3. The zero-order chi connectivity index (χ0) is 11.8. The van der Waals surface area contributed by atoms with E-state index < -0.39 is 0 Å². The van der Waals surface area contributed by atoms with E-state index in [1.165, 1.54) is 0 Å². The molecule has 0 aromatic heterocycles. The smallest absolute Gasteiger partial charge is 0.161 e. The fourth-order valence-corrected chi connectivity index (χ4v) is 1.83. The Morgan fingerprint density at radius 2 is 1.81 bits per heavy atom. The first-order valence-corrected chi connectivity index (χ1v) is 5.37. The molecule has 1 fully saturated rings. The van der Waals surface area contributed by atoms with Crippen LogP contribution in [0.15, 0.2) is 18.2 Å². The van der Waals surface area contributed by atoms with E-state index in [0.29, 0.717) is 11.5 Å². The summed E-state index contributed by atoms with van der Waals surface area (Å²) >= 11 is 0. The molecule has 2 rings (SSSR count). The summed E-state index contributed by atoms with van der Waals surface area (Å²) in [6.07, 6.45) is 1.98. The molecule has 0 heterocycles. The van der Waals surface area contributed by atoms with Gasteiger partial charge in [0.05, 0.1) is 14.2 Å². The van der Waals surface area contributed by atoms with Gasteiger partial charge in [0.15, 0.2) is 11.5 Å². The molecule has 1 aromatic carbocycles. The van der Waals surface area contributed by atoms with Gasteiger partial charge in [-0.05, 0) is 30.5 Å². The Morgan fingerprint density at radius 3 is 2.31 bits per heavy atom. The summed E-state index contributed by atoms with van der Waals surface area (Å²) in [5, 5.41) is 0. The van der Waals surface area contributed by atoms with Gasteiger partial charge in [0.2, 0.25) is 0 Å². The highest BCUT2D eigenvalue weighted by atomic mass is 16.5. The Labute approximate surface area is 95.5 Å². The van der Waals surface area contributed by atoms with Crippen molar-refractivity contribution in [3.05, 3.63) is 23.8 Å². The van der Waals surface area contributed by atoms with Crippen molar-refractivity contribution in [3.63, 3.8) is 0 Å². The van der Waals surface area contributed by atoms with Crippen LogP contribution in [0.25, 0.3) is 0 Å². The van der Waals surface area contributed by atoms with Crippen LogP contribution in [-0.2, 0) is 0 Å². The largest absolute Gasteiger partial charge is 0.493 e. The van der Waals surface area contributed by atoms with Crippen LogP contribution in [0.2, 0.25) is 0 Å². The molecule has 1 atom stereocenters. The lowest BCUT2D eigenvalue weighted by Crippen LogP contribution is -2.36. The third-order valence-corrected chi connectivity index (χ3v) is 3.21. The third-order valence-electron chi connectivity index (χ3n) is 3.21. The summed E-state index contributed by atoms with van der Waals surface area (Å²) in [5.74, 6) is 1.40. The molecular weight excluding hydrogens is 204 g/mol. The first-order chi connectivity index (χ1) is 7.60. The summed E-state index contributed by atoms with van der Waals surface area (Å²) < 4.78 is 10.4. The highest BCUT2D eigenvalue weighted by molar-refractivity contribution is 5.44. The van der Waals surface area contributed by atoms with Crippen LogP contribution < -0.4 is 20.9 Å². The highest BCUT2D eigenvalue weighted by Gasteiger charge is 2.44. The maximum absolute atomic E-state index is 6.13. The topological polar surface area (TPSA) is 70.5 Å². The molecule has 1 saturated carbocycles. The van der Waals surface area contributed by atoms with E-state index in [0.717, 1.165) is 18.4 Å². The lowest BCUT2D eigenvalue weighted by Gasteiger charge is -2.20. The van der Waals surface area contributed by atoms with E-state index in [-0.39, 0.29) is 11.6 Å². The van der Waals surface area contributed by atoms with Crippen molar-refractivity contribution in [1.82, 2.24) is 0 Å². The van der Waals surface area contributed by atoms with Crippen LogP contribution in [0.5, 0.6) is 11.5 Å². The molecule has 4 N–H and O–H groups in total. The summed E-state index contributed by atoms with van der Waals surface area (Å²) in [4.78, 5) is 0. The molecule has 0 amide bonds. The third kappa shape index (κ3) is 1.86. The van der Waals surface area contributed by atoms with E-state index in [9.17, 15) is 0 Å². The fraction of sp³-hybridized carbons (Fsp3) is 0.500. The van der Waals surface area contributed by atoms with Gasteiger partial charge in [-0.15, -0.1) is 0 Å². The molecule has 1 aliphatic carbocycles. The van der Waals surface area contributed by atoms with Gasteiger partial charge in [0, 0.05) is 11.6 Å². The van der Waals surface area contributed by atoms with Gasteiger partial charge in [-0.3, -0.25) is 0 Å². The van der Waals surface area contributed by atoms with Crippen molar-refractivity contribution >= 4 is 0 Å². The normalized spacial score (nSPS) is 19.0. The summed E-state index contributed by atoms with van der Waals surface area (Å²) in [6, 6.07) is 5.57. The van der Waals surface area contributed by atoms with Crippen LogP contribution in [0.4, 0.5) is 0 Å². The van der Waals surface area contributed by atoms with Crippen molar-refractivity contribution < 1.29 is 9.47 Å². The second kappa shape index (κ2) is 3.96. The summed E-state index contributed by atoms with van der Waals surface area (Å²) in [7, 11) is 3.23. The SMILES string of the molecule is COc1ccc(C(N)C2(N)CC2)cc1OC. The highest BCUT2D eigenvalue weighted by Crippen LogP contribution is 2.43. The van der Waals surface area contributed by atoms with E-state index in [1.807, 2.05) is 18.2 Å². The molecule has 0 saturated heterocycles. The van der Waals surface area contributed by atoms with Gasteiger partial charge >= 0.3 is 0 Å². The van der Waals surface area contributed by atoms with Crippen LogP contribution in [0.1, 0.15) is 24.4 Å². The van der Waals surface area contributed by atoms with Gasteiger partial charge in [-0.25, -0.2) is 0 Å². The van der Waals surface area contributed by atoms with Crippen molar-refractivity contribution in [2.24, 2.45) is 11.5 Å². The zero-order valence-electron chi connectivity index (χ0n) is 9.69. The van der Waals surface area contributed by atoms with Gasteiger partial charge in [0.25, 0.3) is 0 Å². The van der Waals surface area contributed by atoms with Gasteiger partial charge in [-0.1, -0.05) is 6.07 Å². The number of nitrogens with two attached hydrogens (primary N) is 2. The van der Waals surface area contributed by atoms with E-state index >= 15 is 0 Å². The number of benzene rings is 1. The molecule has 0 aliphatic heterocycles. The molecule has 1 unspecified atom stereocenters. The van der Waals surface area contributed by atoms with Crippen molar-refractivity contribution in [1.29, 1.82) is 0 Å². The molecular formula is C12H18N2O2. The average Bonchev–Trinajstić information content (AvgIpc) is 3.06. The molecule has 4 nitrogen and oxygen atoms in total. The van der Waals surface area contributed by atoms with E-state index in [1.54, 1.807) is 14.2 Å². The van der Waals surface area contributed by atoms with Gasteiger partial charge in [0.1, 0.15) is 0 Å². The Balaban J connectivity index is 2.28. The minimum absolute atomic E-state index is 0.132. The first kappa shape index (κ1) is 11.2. The molecule has 0 radical (unpaired) electrons. The molecule has 88 valence electrons. The number of hydrogen-bond donors (Lipinski definition) is 2. The maximum Gasteiger partial charge on any atom is 0.161 e. The lowest BCUT2D eigenvalue weighted by atomic mass is 9.98. The Hall–Kier alpha value is -1.26. The van der Waals surface area contributed by atoms with Crippen LogP contribution in [0, 0.1) is 0 Å². The number of hydrogen-bond acceptors (Lipinski definition) is 4.